The molecule has 32 heavy (non-hydrogen) atoms. The van der Waals surface area contributed by atoms with Crippen molar-refractivity contribution >= 4 is 41.0 Å². The van der Waals surface area contributed by atoms with Crippen molar-refractivity contribution in [2.24, 2.45) is 0 Å². The highest BCUT2D eigenvalue weighted by Crippen LogP contribution is 2.29. The first-order valence-corrected chi connectivity index (χ1v) is 10.5. The van der Waals surface area contributed by atoms with Crippen LogP contribution in [0, 0.1) is 18.3 Å². The average molecular weight is 463 g/mol. The molecule has 4 aromatic rings. The predicted molar refractivity (Wildman–Crippen MR) is 120 cm³/mol. The van der Waals surface area contributed by atoms with Gasteiger partial charge in [0, 0.05) is 16.8 Å². The maximum absolute atomic E-state index is 12.6. The number of nitriles is 1. The van der Waals surface area contributed by atoms with Crippen molar-refractivity contribution in [2.75, 3.05) is 5.32 Å². The van der Waals surface area contributed by atoms with E-state index >= 15 is 0 Å². The number of rotatable bonds is 6. The summed E-state index contributed by atoms with van der Waals surface area (Å²) in [6, 6.07) is 19.9. The normalized spacial score (nSPS) is 11.2. The van der Waals surface area contributed by atoms with Gasteiger partial charge in [-0.1, -0.05) is 35.9 Å². The molecule has 0 spiro atoms. The van der Waals surface area contributed by atoms with Gasteiger partial charge in [-0.3, -0.25) is 4.79 Å². The van der Waals surface area contributed by atoms with E-state index < -0.39 is 5.91 Å². The number of furan rings is 1. The van der Waals surface area contributed by atoms with Gasteiger partial charge >= 0.3 is 0 Å². The van der Waals surface area contributed by atoms with Crippen LogP contribution in [0.2, 0.25) is 5.02 Å². The smallest absolute Gasteiger partial charge is 0.266 e. The van der Waals surface area contributed by atoms with Crippen LogP contribution in [-0.2, 0) is 4.79 Å². The molecule has 0 aliphatic rings. The number of benzene rings is 2. The van der Waals surface area contributed by atoms with Crippen LogP contribution in [0.5, 0.6) is 0 Å². The SMILES string of the molecule is Cc1c(Cl)cccc1NC(=O)/C(C#N)=C/c1ccc(Sc2nnnn2-c2ccccc2)o1. The fourth-order valence-corrected chi connectivity index (χ4v) is 3.69. The highest BCUT2D eigenvalue weighted by Gasteiger charge is 2.15. The number of hydrogen-bond acceptors (Lipinski definition) is 7. The number of nitrogens with one attached hydrogen (secondary N) is 1. The Labute approximate surface area is 192 Å². The molecule has 0 bridgehead atoms. The summed E-state index contributed by atoms with van der Waals surface area (Å²) in [5, 5.41) is 25.4. The first-order valence-electron chi connectivity index (χ1n) is 9.35. The summed E-state index contributed by atoms with van der Waals surface area (Å²) >= 11 is 7.31. The molecule has 2 heterocycles. The summed E-state index contributed by atoms with van der Waals surface area (Å²) in [5.74, 6) is -0.211. The van der Waals surface area contributed by atoms with Crippen LogP contribution in [0.25, 0.3) is 11.8 Å². The molecule has 0 fully saturated rings. The summed E-state index contributed by atoms with van der Waals surface area (Å²) in [4.78, 5) is 12.6. The molecule has 0 atom stereocenters. The zero-order chi connectivity index (χ0) is 22.5. The molecule has 1 amide bonds. The summed E-state index contributed by atoms with van der Waals surface area (Å²) in [5.41, 5.74) is 1.95. The van der Waals surface area contributed by atoms with Crippen LogP contribution in [0.3, 0.4) is 0 Å². The van der Waals surface area contributed by atoms with Gasteiger partial charge in [-0.05, 0) is 71.1 Å². The van der Waals surface area contributed by atoms with E-state index in [1.165, 1.54) is 17.8 Å². The maximum atomic E-state index is 12.6. The maximum Gasteiger partial charge on any atom is 0.266 e. The molecule has 1 N–H and O–H groups in total. The molecule has 8 nitrogen and oxygen atoms in total. The number of halogens is 1. The third kappa shape index (κ3) is 4.72. The lowest BCUT2D eigenvalue weighted by molar-refractivity contribution is -0.112. The second-order valence-corrected chi connectivity index (χ2v) is 7.88. The summed E-state index contributed by atoms with van der Waals surface area (Å²) in [7, 11) is 0. The molecular formula is C22H15ClN6O2S. The highest BCUT2D eigenvalue weighted by molar-refractivity contribution is 7.99. The van der Waals surface area contributed by atoms with Crippen LogP contribution in [-0.4, -0.2) is 26.1 Å². The number of amides is 1. The van der Waals surface area contributed by atoms with Gasteiger partial charge < -0.3 is 9.73 Å². The number of carbonyl (C=O) groups is 1. The Bertz CT molecular complexity index is 1340. The second-order valence-electron chi connectivity index (χ2n) is 6.50. The monoisotopic (exact) mass is 462 g/mol. The summed E-state index contributed by atoms with van der Waals surface area (Å²) in [6.45, 7) is 1.78. The lowest BCUT2D eigenvalue weighted by Crippen LogP contribution is -2.14. The number of anilines is 1. The van der Waals surface area contributed by atoms with Crippen LogP contribution in [0.1, 0.15) is 11.3 Å². The molecule has 0 aliphatic carbocycles. The summed E-state index contributed by atoms with van der Waals surface area (Å²) in [6.07, 6.45) is 1.37. The van der Waals surface area contributed by atoms with Crippen LogP contribution >= 0.6 is 23.4 Å². The van der Waals surface area contributed by atoms with Crippen molar-refractivity contribution < 1.29 is 9.21 Å². The third-order valence-electron chi connectivity index (χ3n) is 4.40. The van der Waals surface area contributed by atoms with Crippen LogP contribution < -0.4 is 5.32 Å². The Kier molecular flexibility index (Phi) is 6.35. The van der Waals surface area contributed by atoms with Gasteiger partial charge in [-0.15, -0.1) is 5.10 Å². The van der Waals surface area contributed by atoms with Crippen molar-refractivity contribution in [1.29, 1.82) is 5.26 Å². The van der Waals surface area contributed by atoms with E-state index in [1.54, 1.807) is 41.9 Å². The molecule has 0 saturated heterocycles. The molecule has 0 radical (unpaired) electrons. The van der Waals surface area contributed by atoms with Crippen LogP contribution in [0.4, 0.5) is 5.69 Å². The number of carbonyl (C=O) groups excluding carboxylic acids is 1. The van der Waals surface area contributed by atoms with Gasteiger partial charge in [0.2, 0.25) is 5.16 Å². The largest absolute Gasteiger partial charge is 0.450 e. The Morgan fingerprint density at radius 3 is 2.78 bits per heavy atom. The fraction of sp³-hybridized carbons (Fsp3) is 0.0455. The summed E-state index contributed by atoms with van der Waals surface area (Å²) < 4.78 is 7.34. The van der Waals surface area contributed by atoms with Gasteiger partial charge in [0.1, 0.15) is 17.4 Å². The van der Waals surface area contributed by atoms with Gasteiger partial charge in [-0.2, -0.15) is 9.94 Å². The molecule has 2 aromatic heterocycles. The Balaban J connectivity index is 1.51. The molecule has 4 rings (SSSR count). The third-order valence-corrected chi connectivity index (χ3v) is 5.67. The van der Waals surface area contributed by atoms with E-state index in [4.69, 9.17) is 16.0 Å². The predicted octanol–water partition coefficient (Wildman–Crippen LogP) is 4.91. The van der Waals surface area contributed by atoms with Gasteiger partial charge in [0.25, 0.3) is 5.91 Å². The molecule has 10 heteroatoms. The number of nitrogens with zero attached hydrogens (tertiary/aromatic N) is 5. The zero-order valence-corrected chi connectivity index (χ0v) is 18.3. The van der Waals surface area contributed by atoms with Crippen molar-refractivity contribution in [2.45, 2.75) is 17.2 Å². The standard InChI is InChI=1S/C22H15ClN6O2S/c1-14-18(23)8-5-9-19(14)25-21(30)15(13-24)12-17-10-11-20(31-17)32-22-26-27-28-29(22)16-6-3-2-4-7-16/h2-12H,1H3,(H,25,30)/b15-12+. The fourth-order valence-electron chi connectivity index (χ4n) is 2.75. The number of hydrogen-bond donors (Lipinski definition) is 1. The Morgan fingerprint density at radius 1 is 1.19 bits per heavy atom. The van der Waals surface area contributed by atoms with Crippen molar-refractivity contribution in [1.82, 2.24) is 20.2 Å². The molecule has 0 unspecified atom stereocenters. The van der Waals surface area contributed by atoms with Crippen LogP contribution in [0.15, 0.2) is 80.9 Å². The first-order chi connectivity index (χ1) is 15.5. The quantitative estimate of drug-likeness (QED) is 0.320. The minimum atomic E-state index is -0.559. The van der Waals surface area contributed by atoms with Gasteiger partial charge in [0.15, 0.2) is 5.09 Å². The molecular weight excluding hydrogens is 448 g/mol. The van der Waals surface area contributed by atoms with E-state index in [0.717, 1.165) is 5.69 Å². The van der Waals surface area contributed by atoms with Gasteiger partial charge in [-0.25, -0.2) is 0 Å². The molecule has 158 valence electrons. The average Bonchev–Trinajstić information content (AvgIpc) is 3.45. The van der Waals surface area contributed by atoms with E-state index in [0.29, 0.717) is 32.3 Å². The first kappa shape index (κ1) is 21.4. The van der Waals surface area contributed by atoms with Crippen molar-refractivity contribution in [3.05, 3.63) is 82.6 Å². The highest BCUT2D eigenvalue weighted by atomic mass is 35.5. The zero-order valence-electron chi connectivity index (χ0n) is 16.7. The lowest BCUT2D eigenvalue weighted by atomic mass is 10.1. The van der Waals surface area contributed by atoms with Crippen molar-refractivity contribution in [3.63, 3.8) is 0 Å². The van der Waals surface area contributed by atoms with E-state index in [1.807, 2.05) is 36.4 Å². The topological polar surface area (TPSA) is 110 Å². The van der Waals surface area contributed by atoms with E-state index in [9.17, 15) is 10.1 Å². The van der Waals surface area contributed by atoms with E-state index in [2.05, 4.69) is 20.8 Å². The minimum absolute atomic E-state index is 0.107. The Morgan fingerprint density at radius 2 is 2.00 bits per heavy atom. The van der Waals surface area contributed by atoms with E-state index in [-0.39, 0.29) is 5.57 Å². The Hall–Kier alpha value is -3.87. The molecule has 0 aliphatic heterocycles. The number of para-hydroxylation sites is 1. The number of tetrazole rings is 1. The second kappa shape index (κ2) is 9.51. The lowest BCUT2D eigenvalue weighted by Gasteiger charge is -2.08. The van der Waals surface area contributed by atoms with Crippen molar-refractivity contribution in [3.8, 4) is 11.8 Å². The van der Waals surface area contributed by atoms with Gasteiger partial charge in [0.05, 0.1) is 5.69 Å². The molecule has 2 aromatic carbocycles. The number of aromatic nitrogens is 4. The molecule has 0 saturated carbocycles. The minimum Gasteiger partial charge on any atom is -0.450 e.